The van der Waals surface area contributed by atoms with Crippen LogP contribution in [0, 0.1) is 5.92 Å². The molecule has 0 radical (unpaired) electrons. The normalized spacial score (nSPS) is 21.1. The molecule has 1 aliphatic carbocycles. The van der Waals surface area contributed by atoms with Gasteiger partial charge in [0.25, 0.3) is 10.0 Å². The van der Waals surface area contributed by atoms with E-state index in [4.69, 9.17) is 0 Å². The fourth-order valence-electron chi connectivity index (χ4n) is 3.22. The number of nitrogens with one attached hydrogen (secondary N) is 1. The van der Waals surface area contributed by atoms with Crippen molar-refractivity contribution in [2.24, 2.45) is 13.0 Å². The fourth-order valence-corrected chi connectivity index (χ4v) is 4.50. The number of rotatable bonds is 5. The molecule has 0 bridgehead atoms. The summed E-state index contributed by atoms with van der Waals surface area (Å²) < 4.78 is 32.4. The highest BCUT2D eigenvalue weighted by atomic mass is 32.2. The van der Waals surface area contributed by atoms with Crippen LogP contribution in [0.4, 0.5) is 0 Å². The van der Waals surface area contributed by atoms with Gasteiger partial charge in [0.15, 0.2) is 5.03 Å². The minimum Gasteiger partial charge on any atom is -0.339 e. The van der Waals surface area contributed by atoms with Crippen molar-refractivity contribution >= 4 is 10.0 Å². The Kier molecular flexibility index (Phi) is 4.03. The van der Waals surface area contributed by atoms with Gasteiger partial charge in [0.1, 0.15) is 5.82 Å². The number of nitrogens with zero attached hydrogens (tertiary/aromatic N) is 5. The Labute approximate surface area is 145 Å². The average Bonchev–Trinajstić information content (AvgIpc) is 3.23. The summed E-state index contributed by atoms with van der Waals surface area (Å²) in [5.41, 5.74) is -0.0740. The Morgan fingerprint density at radius 2 is 2.08 bits per heavy atom. The summed E-state index contributed by atoms with van der Waals surface area (Å²) >= 11 is 0. The van der Waals surface area contributed by atoms with Crippen molar-refractivity contribution in [1.29, 1.82) is 0 Å². The number of aryl methyl sites for hydroxylation is 2. The highest BCUT2D eigenvalue weighted by Gasteiger charge is 2.28. The zero-order valence-electron chi connectivity index (χ0n) is 14.1. The maximum atomic E-state index is 12.5. The SMILES string of the molecule is Cn1cnc(S(=O)(=O)NC2CCc3nn(CC4CC4)c(=O)n3CC2)c1. The van der Waals surface area contributed by atoms with Crippen LogP contribution in [-0.4, -0.2) is 38.4 Å². The van der Waals surface area contributed by atoms with Gasteiger partial charge in [-0.1, -0.05) is 0 Å². The number of aromatic nitrogens is 5. The van der Waals surface area contributed by atoms with Gasteiger partial charge in [-0.15, -0.1) is 0 Å². The van der Waals surface area contributed by atoms with E-state index >= 15 is 0 Å². The lowest BCUT2D eigenvalue weighted by Gasteiger charge is -2.15. The molecular weight excluding hydrogens is 344 g/mol. The monoisotopic (exact) mass is 366 g/mol. The lowest BCUT2D eigenvalue weighted by Crippen LogP contribution is -2.36. The zero-order valence-corrected chi connectivity index (χ0v) is 14.9. The molecule has 2 aliphatic rings. The topological polar surface area (TPSA) is 104 Å². The first-order chi connectivity index (χ1) is 11.9. The van der Waals surface area contributed by atoms with Gasteiger partial charge in [-0.3, -0.25) is 4.57 Å². The van der Waals surface area contributed by atoms with Gasteiger partial charge in [0.05, 0.1) is 6.33 Å². The molecule has 1 fully saturated rings. The Hall–Kier alpha value is -1.94. The molecule has 1 N–H and O–H groups in total. The molecule has 1 atom stereocenters. The number of sulfonamides is 1. The lowest BCUT2D eigenvalue weighted by molar-refractivity contribution is 0.478. The van der Waals surface area contributed by atoms with Gasteiger partial charge in [-0.2, -0.15) is 5.10 Å². The molecule has 136 valence electrons. The van der Waals surface area contributed by atoms with E-state index in [0.29, 0.717) is 38.3 Å². The fraction of sp³-hybridized carbons (Fsp3) is 0.667. The molecule has 0 amide bonds. The third kappa shape index (κ3) is 3.40. The van der Waals surface area contributed by atoms with Gasteiger partial charge in [-0.05, 0) is 31.6 Å². The van der Waals surface area contributed by atoms with E-state index in [2.05, 4.69) is 14.8 Å². The summed E-state index contributed by atoms with van der Waals surface area (Å²) in [6.07, 6.45) is 7.04. The van der Waals surface area contributed by atoms with Crippen molar-refractivity contribution < 1.29 is 8.42 Å². The molecule has 25 heavy (non-hydrogen) atoms. The molecule has 2 aromatic rings. The van der Waals surface area contributed by atoms with Crippen molar-refractivity contribution in [3.63, 3.8) is 0 Å². The van der Waals surface area contributed by atoms with Crippen LogP contribution in [0.15, 0.2) is 22.3 Å². The molecule has 2 aromatic heterocycles. The van der Waals surface area contributed by atoms with E-state index in [9.17, 15) is 13.2 Å². The Morgan fingerprint density at radius 3 is 2.76 bits per heavy atom. The molecule has 10 heteroatoms. The first kappa shape index (κ1) is 16.5. The third-order valence-corrected chi connectivity index (χ3v) is 6.23. The Bertz CT molecular complexity index is 937. The Morgan fingerprint density at radius 1 is 1.28 bits per heavy atom. The first-order valence-corrected chi connectivity index (χ1v) is 10.1. The molecule has 3 heterocycles. The summed E-state index contributed by atoms with van der Waals surface area (Å²) in [7, 11) is -1.92. The van der Waals surface area contributed by atoms with Gasteiger partial charge in [0.2, 0.25) is 0 Å². The van der Waals surface area contributed by atoms with E-state index in [0.717, 1.165) is 5.82 Å². The highest BCUT2D eigenvalue weighted by molar-refractivity contribution is 7.89. The molecule has 0 saturated heterocycles. The van der Waals surface area contributed by atoms with Crippen LogP contribution in [-0.2, 0) is 36.6 Å². The van der Waals surface area contributed by atoms with Crippen LogP contribution >= 0.6 is 0 Å². The second-order valence-corrected chi connectivity index (χ2v) is 8.66. The molecule has 0 spiro atoms. The summed E-state index contributed by atoms with van der Waals surface area (Å²) in [4.78, 5) is 16.4. The van der Waals surface area contributed by atoms with Gasteiger partial charge in [0, 0.05) is 38.8 Å². The first-order valence-electron chi connectivity index (χ1n) is 8.59. The molecular formula is C15H22N6O3S. The number of fused-ring (bicyclic) bond motifs is 1. The van der Waals surface area contributed by atoms with Crippen LogP contribution in [0.3, 0.4) is 0 Å². The molecule has 9 nitrogen and oxygen atoms in total. The predicted octanol–water partition coefficient (Wildman–Crippen LogP) is -0.128. The van der Waals surface area contributed by atoms with Crippen LogP contribution in [0.25, 0.3) is 0 Å². The highest BCUT2D eigenvalue weighted by Crippen LogP contribution is 2.30. The van der Waals surface area contributed by atoms with Gasteiger partial charge in [-0.25, -0.2) is 27.6 Å². The minimum absolute atomic E-state index is 0.0174. The second-order valence-electron chi connectivity index (χ2n) is 7.00. The van der Waals surface area contributed by atoms with Crippen LogP contribution in [0.2, 0.25) is 0 Å². The van der Waals surface area contributed by atoms with Crippen LogP contribution in [0.1, 0.15) is 31.5 Å². The molecule has 1 aliphatic heterocycles. The van der Waals surface area contributed by atoms with Crippen molar-refractivity contribution in [2.45, 2.75) is 56.3 Å². The summed E-state index contributed by atoms with van der Waals surface area (Å²) in [6.45, 7) is 1.18. The predicted molar refractivity (Wildman–Crippen MR) is 89.5 cm³/mol. The maximum absolute atomic E-state index is 12.5. The van der Waals surface area contributed by atoms with Crippen molar-refractivity contribution in [3.8, 4) is 0 Å². The summed E-state index contributed by atoms with van der Waals surface area (Å²) in [5.74, 6) is 1.35. The van der Waals surface area contributed by atoms with E-state index in [1.807, 2.05) is 0 Å². The van der Waals surface area contributed by atoms with Crippen molar-refractivity contribution in [2.75, 3.05) is 0 Å². The standard InChI is InChI=1S/C15H22N6O3S/c1-19-9-14(16-10-19)25(23,24)18-12-4-5-13-17-21(8-11-2-3-11)15(22)20(13)7-6-12/h9-12,18H,2-8H2,1H3. The van der Waals surface area contributed by atoms with Crippen LogP contribution < -0.4 is 10.4 Å². The largest absolute Gasteiger partial charge is 0.345 e. The minimum atomic E-state index is -3.65. The van der Waals surface area contributed by atoms with E-state index in [1.54, 1.807) is 20.9 Å². The number of imidazole rings is 1. The summed E-state index contributed by atoms with van der Waals surface area (Å²) in [6, 6.07) is -0.231. The maximum Gasteiger partial charge on any atom is 0.345 e. The molecule has 0 aromatic carbocycles. The van der Waals surface area contributed by atoms with E-state index in [-0.39, 0.29) is 16.8 Å². The lowest BCUT2D eigenvalue weighted by atomic mass is 10.1. The second kappa shape index (κ2) is 6.10. The number of hydrogen-bond donors (Lipinski definition) is 1. The Balaban J connectivity index is 1.46. The quantitative estimate of drug-likeness (QED) is 0.794. The van der Waals surface area contributed by atoms with Crippen LogP contribution in [0.5, 0.6) is 0 Å². The van der Waals surface area contributed by atoms with Gasteiger partial charge < -0.3 is 4.57 Å². The number of hydrogen-bond acceptors (Lipinski definition) is 5. The third-order valence-electron chi connectivity index (χ3n) is 4.82. The van der Waals surface area contributed by atoms with Gasteiger partial charge >= 0.3 is 5.69 Å². The van der Waals surface area contributed by atoms with Crippen molar-refractivity contribution in [3.05, 3.63) is 28.8 Å². The van der Waals surface area contributed by atoms with E-state index < -0.39 is 10.0 Å². The molecule has 1 saturated carbocycles. The summed E-state index contributed by atoms with van der Waals surface area (Å²) in [5, 5.41) is 4.47. The van der Waals surface area contributed by atoms with Crippen molar-refractivity contribution in [1.82, 2.24) is 28.6 Å². The van der Waals surface area contributed by atoms with E-state index in [1.165, 1.54) is 25.4 Å². The smallest absolute Gasteiger partial charge is 0.339 e. The molecule has 4 rings (SSSR count). The molecule has 1 unspecified atom stereocenters. The zero-order chi connectivity index (χ0) is 17.6. The average molecular weight is 366 g/mol.